The monoisotopic (exact) mass is 317 g/mol. The second kappa shape index (κ2) is 7.05. The maximum absolute atomic E-state index is 13.3. The molecule has 0 spiro atoms. The van der Waals surface area contributed by atoms with Crippen molar-refractivity contribution in [1.82, 2.24) is 5.32 Å². The maximum Gasteiger partial charge on any atom is 0.417 e. The number of hydrogen-bond acceptors (Lipinski definition) is 2. The second-order valence-electron chi connectivity index (χ2n) is 5.89. The summed E-state index contributed by atoms with van der Waals surface area (Å²) in [6, 6.07) is 5.00. The van der Waals surface area contributed by atoms with Gasteiger partial charge in [0.2, 0.25) is 0 Å². The summed E-state index contributed by atoms with van der Waals surface area (Å²) in [6.45, 7) is 4.43. The number of rotatable bonds is 5. The molecule has 21 heavy (non-hydrogen) atoms. The minimum Gasteiger partial charge on any atom is -0.310 e. The molecule has 1 saturated carbocycles. The number of halogens is 3. The molecule has 0 amide bonds. The number of nitrogens with one attached hydrogen (secondary N) is 1. The quantitative estimate of drug-likeness (QED) is 0.797. The molecule has 0 atom stereocenters. The van der Waals surface area contributed by atoms with Crippen molar-refractivity contribution in [2.75, 3.05) is 0 Å². The summed E-state index contributed by atoms with van der Waals surface area (Å²) in [4.78, 5) is 0.377. The van der Waals surface area contributed by atoms with Gasteiger partial charge in [0.15, 0.2) is 0 Å². The Labute approximate surface area is 128 Å². The highest BCUT2D eigenvalue weighted by atomic mass is 32.2. The lowest BCUT2D eigenvalue weighted by molar-refractivity contribution is -0.139. The van der Waals surface area contributed by atoms with Gasteiger partial charge in [0.25, 0.3) is 0 Å². The highest BCUT2D eigenvalue weighted by molar-refractivity contribution is 8.00. The van der Waals surface area contributed by atoms with E-state index in [2.05, 4.69) is 5.32 Å². The summed E-state index contributed by atoms with van der Waals surface area (Å²) >= 11 is 1.40. The van der Waals surface area contributed by atoms with Crippen molar-refractivity contribution < 1.29 is 13.2 Å². The fraction of sp³-hybridized carbons (Fsp3) is 0.625. The molecule has 0 bridgehead atoms. The fourth-order valence-corrected chi connectivity index (χ4v) is 3.90. The van der Waals surface area contributed by atoms with Crippen molar-refractivity contribution in [3.05, 3.63) is 29.3 Å². The van der Waals surface area contributed by atoms with Crippen LogP contribution in [0.5, 0.6) is 0 Å². The van der Waals surface area contributed by atoms with Gasteiger partial charge in [-0.2, -0.15) is 13.2 Å². The first-order valence-electron chi connectivity index (χ1n) is 7.46. The Bertz CT molecular complexity index is 465. The molecule has 1 aliphatic rings. The molecule has 0 unspecified atom stereocenters. The minimum atomic E-state index is -4.28. The molecule has 0 aromatic heterocycles. The fourth-order valence-electron chi connectivity index (χ4n) is 2.52. The molecule has 1 fully saturated rings. The maximum atomic E-state index is 13.3. The summed E-state index contributed by atoms with van der Waals surface area (Å²) in [6.07, 6.45) is 0.0385. The zero-order valence-electron chi connectivity index (χ0n) is 12.5. The Kier molecular flexibility index (Phi) is 5.60. The van der Waals surface area contributed by atoms with Crippen LogP contribution in [0.25, 0.3) is 0 Å². The van der Waals surface area contributed by atoms with E-state index in [1.807, 2.05) is 19.9 Å². The predicted octanol–water partition coefficient (Wildman–Crippen LogP) is 5.24. The van der Waals surface area contributed by atoms with Crippen LogP contribution in [0.2, 0.25) is 0 Å². The minimum absolute atomic E-state index is 0.256. The molecule has 1 nitrogen and oxygen atoms in total. The van der Waals surface area contributed by atoms with E-state index in [0.29, 0.717) is 22.3 Å². The standard InChI is InChI=1S/C16H22F3NS/c1-11(2)20-10-12-7-8-15(14(9-12)16(17,18)19)21-13-5-3-4-6-13/h7-9,11,13,20H,3-6,10H2,1-2H3. The highest BCUT2D eigenvalue weighted by Crippen LogP contribution is 2.42. The van der Waals surface area contributed by atoms with E-state index in [0.717, 1.165) is 25.7 Å². The Morgan fingerprint density at radius 2 is 1.90 bits per heavy atom. The van der Waals surface area contributed by atoms with Crippen molar-refractivity contribution in [2.24, 2.45) is 0 Å². The van der Waals surface area contributed by atoms with Crippen LogP contribution in [0.15, 0.2) is 23.1 Å². The molecule has 2 rings (SSSR count). The zero-order chi connectivity index (χ0) is 15.5. The molecule has 1 aromatic carbocycles. The van der Waals surface area contributed by atoms with Gasteiger partial charge in [0.1, 0.15) is 0 Å². The molecule has 1 aromatic rings. The molecule has 0 radical (unpaired) electrons. The summed E-state index contributed by atoms with van der Waals surface area (Å²) in [5, 5.41) is 3.50. The van der Waals surface area contributed by atoms with Crippen LogP contribution in [0.4, 0.5) is 13.2 Å². The third-order valence-corrected chi connectivity index (χ3v) is 5.07. The van der Waals surface area contributed by atoms with Gasteiger partial charge in [0.05, 0.1) is 5.56 Å². The van der Waals surface area contributed by atoms with Crippen LogP contribution in [0.1, 0.15) is 50.7 Å². The normalized spacial score (nSPS) is 16.9. The van der Waals surface area contributed by atoms with Crippen molar-refractivity contribution in [1.29, 1.82) is 0 Å². The summed E-state index contributed by atoms with van der Waals surface area (Å²) in [5.41, 5.74) is 0.203. The van der Waals surface area contributed by atoms with Gasteiger partial charge in [-0.1, -0.05) is 32.8 Å². The largest absolute Gasteiger partial charge is 0.417 e. The van der Waals surface area contributed by atoms with E-state index in [-0.39, 0.29) is 6.04 Å². The number of thioether (sulfide) groups is 1. The van der Waals surface area contributed by atoms with Crippen LogP contribution in [-0.4, -0.2) is 11.3 Å². The van der Waals surface area contributed by atoms with Crippen molar-refractivity contribution in [2.45, 2.75) is 68.4 Å². The predicted molar refractivity (Wildman–Crippen MR) is 81.5 cm³/mol. The van der Waals surface area contributed by atoms with Gasteiger partial charge in [-0.3, -0.25) is 0 Å². The Hall–Kier alpha value is -0.680. The summed E-state index contributed by atoms with van der Waals surface area (Å²) in [7, 11) is 0. The molecular formula is C16H22F3NS. The van der Waals surface area contributed by atoms with E-state index in [9.17, 15) is 13.2 Å². The van der Waals surface area contributed by atoms with Crippen LogP contribution in [-0.2, 0) is 12.7 Å². The van der Waals surface area contributed by atoms with E-state index < -0.39 is 11.7 Å². The number of benzene rings is 1. The van der Waals surface area contributed by atoms with Crippen LogP contribution >= 0.6 is 11.8 Å². The van der Waals surface area contributed by atoms with Crippen LogP contribution in [0.3, 0.4) is 0 Å². The Morgan fingerprint density at radius 1 is 1.24 bits per heavy atom. The molecule has 5 heteroatoms. The summed E-state index contributed by atoms with van der Waals surface area (Å²) in [5.74, 6) is 0. The lowest BCUT2D eigenvalue weighted by atomic mass is 10.1. The topological polar surface area (TPSA) is 12.0 Å². The van der Waals surface area contributed by atoms with E-state index in [1.54, 1.807) is 6.07 Å². The van der Waals surface area contributed by atoms with Gasteiger partial charge in [-0.05, 0) is 30.5 Å². The van der Waals surface area contributed by atoms with E-state index in [1.165, 1.54) is 17.8 Å². The molecule has 118 valence electrons. The Balaban J connectivity index is 2.18. The number of hydrogen-bond donors (Lipinski definition) is 1. The van der Waals surface area contributed by atoms with E-state index >= 15 is 0 Å². The summed E-state index contributed by atoms with van der Waals surface area (Å²) < 4.78 is 39.8. The first-order valence-corrected chi connectivity index (χ1v) is 8.34. The average molecular weight is 317 g/mol. The van der Waals surface area contributed by atoms with Gasteiger partial charge in [-0.25, -0.2) is 0 Å². The molecule has 0 aliphatic heterocycles. The first-order chi connectivity index (χ1) is 9.86. The van der Waals surface area contributed by atoms with Gasteiger partial charge < -0.3 is 5.32 Å². The highest BCUT2D eigenvalue weighted by Gasteiger charge is 2.34. The van der Waals surface area contributed by atoms with Gasteiger partial charge in [-0.15, -0.1) is 11.8 Å². The zero-order valence-corrected chi connectivity index (χ0v) is 13.3. The lowest BCUT2D eigenvalue weighted by Gasteiger charge is -2.17. The third-order valence-electron chi connectivity index (χ3n) is 3.66. The van der Waals surface area contributed by atoms with Crippen molar-refractivity contribution >= 4 is 11.8 Å². The molecular weight excluding hydrogens is 295 g/mol. The smallest absolute Gasteiger partial charge is 0.310 e. The molecule has 1 N–H and O–H groups in total. The first kappa shape index (κ1) is 16.7. The third kappa shape index (κ3) is 4.92. The van der Waals surface area contributed by atoms with Crippen LogP contribution < -0.4 is 5.32 Å². The number of alkyl halides is 3. The van der Waals surface area contributed by atoms with Crippen molar-refractivity contribution in [3.8, 4) is 0 Å². The van der Waals surface area contributed by atoms with Gasteiger partial charge >= 0.3 is 6.18 Å². The lowest BCUT2D eigenvalue weighted by Crippen LogP contribution is -2.22. The van der Waals surface area contributed by atoms with Crippen LogP contribution in [0, 0.1) is 0 Å². The SMILES string of the molecule is CC(C)NCc1ccc(SC2CCCC2)c(C(F)(F)F)c1. The second-order valence-corrected chi connectivity index (χ2v) is 7.23. The molecule has 0 saturated heterocycles. The van der Waals surface area contributed by atoms with Gasteiger partial charge in [0, 0.05) is 22.7 Å². The van der Waals surface area contributed by atoms with Crippen molar-refractivity contribution in [3.63, 3.8) is 0 Å². The van der Waals surface area contributed by atoms with E-state index in [4.69, 9.17) is 0 Å². The molecule has 1 aliphatic carbocycles. The molecule has 0 heterocycles. The average Bonchev–Trinajstić information content (AvgIpc) is 2.89. The Morgan fingerprint density at radius 3 is 2.48 bits per heavy atom.